The van der Waals surface area contributed by atoms with Gasteiger partial charge in [0.1, 0.15) is 5.82 Å². The minimum absolute atomic E-state index is 0.156. The van der Waals surface area contributed by atoms with Crippen LogP contribution in [0.2, 0.25) is 0 Å². The molecule has 2 atom stereocenters. The van der Waals surface area contributed by atoms with Crippen molar-refractivity contribution in [1.29, 1.82) is 0 Å². The summed E-state index contributed by atoms with van der Waals surface area (Å²) in [6.45, 7) is 3.84. The van der Waals surface area contributed by atoms with Crippen molar-refractivity contribution in [3.63, 3.8) is 0 Å². The Labute approximate surface area is 145 Å². The molecule has 6 heteroatoms. The van der Waals surface area contributed by atoms with E-state index in [2.05, 4.69) is 41.0 Å². The maximum absolute atomic E-state index is 14.2. The maximum Gasteiger partial charge on any atom is 0.277 e. The minimum Gasteiger partial charge on any atom is -0.365 e. The molecule has 2 saturated heterocycles. The summed E-state index contributed by atoms with van der Waals surface area (Å²) in [4.78, 5) is 16.0. The second kappa shape index (κ2) is 6.04. The molecule has 2 heterocycles. The second-order valence-corrected chi connectivity index (χ2v) is 6.79. The lowest BCUT2D eigenvalue weighted by Gasteiger charge is -2.37. The van der Waals surface area contributed by atoms with E-state index in [0.29, 0.717) is 12.1 Å². The first-order valence-corrected chi connectivity index (χ1v) is 8.41. The van der Waals surface area contributed by atoms with Gasteiger partial charge in [0.15, 0.2) is 0 Å². The third-order valence-corrected chi connectivity index (χ3v) is 5.20. The molecule has 25 heavy (non-hydrogen) atoms. The van der Waals surface area contributed by atoms with Crippen molar-refractivity contribution >= 4 is 17.3 Å². The molecule has 130 valence electrons. The van der Waals surface area contributed by atoms with E-state index in [0.717, 1.165) is 25.2 Å². The Bertz CT molecular complexity index is 826. The number of benzene rings is 2. The number of aryl methyl sites for hydroxylation is 1. The first-order valence-electron chi connectivity index (χ1n) is 8.41. The molecular weight excluding hydrogens is 321 g/mol. The molecule has 0 aromatic heterocycles. The number of amides is 1. The van der Waals surface area contributed by atoms with Crippen molar-refractivity contribution in [3.8, 4) is 0 Å². The van der Waals surface area contributed by atoms with Gasteiger partial charge in [0, 0.05) is 36.5 Å². The topological polar surface area (TPSA) is 55.8 Å². The van der Waals surface area contributed by atoms with Gasteiger partial charge in [0.05, 0.1) is 5.56 Å². The van der Waals surface area contributed by atoms with Gasteiger partial charge in [-0.1, -0.05) is 12.1 Å². The Morgan fingerprint density at radius 3 is 2.36 bits per heavy atom. The number of carbonyl (C=O) groups is 1. The van der Waals surface area contributed by atoms with E-state index in [9.17, 15) is 9.18 Å². The SMILES string of the molecule is Cc1cccc(N2C[C@H]3C[C@@H]2CN3c2ccc(C(=O)NO)c(F)c2)c1. The molecule has 1 amide bonds. The number of rotatable bonds is 3. The number of hydroxylamine groups is 1. The molecule has 5 nitrogen and oxygen atoms in total. The van der Waals surface area contributed by atoms with E-state index in [1.54, 1.807) is 6.07 Å². The number of anilines is 2. The number of halogens is 1. The van der Waals surface area contributed by atoms with Gasteiger partial charge in [-0.15, -0.1) is 0 Å². The third kappa shape index (κ3) is 2.72. The normalized spacial score (nSPS) is 21.7. The van der Waals surface area contributed by atoms with E-state index < -0.39 is 11.7 Å². The van der Waals surface area contributed by atoms with Crippen molar-refractivity contribution in [1.82, 2.24) is 5.48 Å². The maximum atomic E-state index is 14.2. The molecule has 0 saturated carbocycles. The van der Waals surface area contributed by atoms with E-state index >= 15 is 0 Å². The number of carbonyl (C=O) groups excluding carboxylic acids is 1. The number of nitrogens with zero attached hydrogens (tertiary/aromatic N) is 2. The summed E-state index contributed by atoms with van der Waals surface area (Å²) < 4.78 is 14.2. The van der Waals surface area contributed by atoms with Gasteiger partial charge in [-0.3, -0.25) is 10.0 Å². The molecule has 0 radical (unpaired) electrons. The molecule has 0 unspecified atom stereocenters. The summed E-state index contributed by atoms with van der Waals surface area (Å²) in [5, 5.41) is 8.65. The highest BCUT2D eigenvalue weighted by atomic mass is 19.1. The summed E-state index contributed by atoms with van der Waals surface area (Å²) in [5.74, 6) is -1.46. The van der Waals surface area contributed by atoms with Gasteiger partial charge in [-0.25, -0.2) is 9.87 Å². The lowest BCUT2D eigenvalue weighted by Crippen LogP contribution is -2.46. The average molecular weight is 341 g/mol. The molecule has 2 aliphatic rings. The highest BCUT2D eigenvalue weighted by Crippen LogP contribution is 2.37. The van der Waals surface area contributed by atoms with Crippen LogP contribution in [0.3, 0.4) is 0 Å². The first kappa shape index (κ1) is 15.9. The number of fused-ring (bicyclic) bond motifs is 2. The number of piperazine rings is 1. The summed E-state index contributed by atoms with van der Waals surface area (Å²) in [5.41, 5.74) is 4.58. The summed E-state index contributed by atoms with van der Waals surface area (Å²) in [6, 6.07) is 13.8. The van der Waals surface area contributed by atoms with E-state index in [1.165, 1.54) is 28.9 Å². The van der Waals surface area contributed by atoms with Crippen LogP contribution >= 0.6 is 0 Å². The van der Waals surface area contributed by atoms with Crippen LogP contribution in [-0.4, -0.2) is 36.3 Å². The number of hydrogen-bond acceptors (Lipinski definition) is 4. The Morgan fingerprint density at radius 1 is 1.12 bits per heavy atom. The van der Waals surface area contributed by atoms with Gasteiger partial charge in [-0.05, 0) is 49.2 Å². The lowest BCUT2D eigenvalue weighted by molar-refractivity contribution is 0.0702. The van der Waals surface area contributed by atoms with Gasteiger partial charge in [-0.2, -0.15) is 0 Å². The number of hydrogen-bond donors (Lipinski definition) is 2. The van der Waals surface area contributed by atoms with Crippen molar-refractivity contribution in [2.45, 2.75) is 25.4 Å². The lowest BCUT2D eigenvalue weighted by atomic mass is 10.1. The van der Waals surface area contributed by atoms with Crippen LogP contribution in [-0.2, 0) is 0 Å². The fraction of sp³-hybridized carbons (Fsp3) is 0.316. The van der Waals surface area contributed by atoms with Crippen LogP contribution in [0.15, 0.2) is 42.5 Å². The van der Waals surface area contributed by atoms with Crippen LogP contribution in [0.5, 0.6) is 0 Å². The van der Waals surface area contributed by atoms with Crippen molar-refractivity contribution < 1.29 is 14.4 Å². The van der Waals surface area contributed by atoms with Gasteiger partial charge in [0.25, 0.3) is 5.91 Å². The van der Waals surface area contributed by atoms with Crippen molar-refractivity contribution in [3.05, 3.63) is 59.4 Å². The van der Waals surface area contributed by atoms with Crippen LogP contribution in [0, 0.1) is 12.7 Å². The van der Waals surface area contributed by atoms with Gasteiger partial charge >= 0.3 is 0 Å². The van der Waals surface area contributed by atoms with Crippen LogP contribution in [0.25, 0.3) is 0 Å². The van der Waals surface area contributed by atoms with Crippen molar-refractivity contribution in [2.24, 2.45) is 0 Å². The van der Waals surface area contributed by atoms with E-state index in [-0.39, 0.29) is 5.56 Å². The second-order valence-electron chi connectivity index (χ2n) is 6.79. The van der Waals surface area contributed by atoms with Crippen LogP contribution in [0.1, 0.15) is 22.3 Å². The molecule has 2 aromatic carbocycles. The smallest absolute Gasteiger partial charge is 0.277 e. The fourth-order valence-electron chi connectivity index (χ4n) is 4.03. The first-order chi connectivity index (χ1) is 12.1. The minimum atomic E-state index is -0.836. The molecule has 2 aliphatic heterocycles. The predicted molar refractivity (Wildman–Crippen MR) is 93.7 cm³/mol. The summed E-state index contributed by atoms with van der Waals surface area (Å²) >= 11 is 0. The Kier molecular flexibility index (Phi) is 3.84. The quantitative estimate of drug-likeness (QED) is 0.666. The van der Waals surface area contributed by atoms with E-state index in [4.69, 9.17) is 5.21 Å². The highest BCUT2D eigenvalue weighted by Gasteiger charge is 2.43. The monoisotopic (exact) mass is 341 g/mol. The van der Waals surface area contributed by atoms with Crippen LogP contribution < -0.4 is 15.3 Å². The Balaban J connectivity index is 1.53. The molecule has 2 aromatic rings. The van der Waals surface area contributed by atoms with E-state index in [1.807, 2.05) is 0 Å². The molecule has 2 N–H and O–H groups in total. The van der Waals surface area contributed by atoms with Gasteiger partial charge < -0.3 is 9.80 Å². The molecule has 0 spiro atoms. The summed E-state index contributed by atoms with van der Waals surface area (Å²) in [6.07, 6.45) is 1.05. The van der Waals surface area contributed by atoms with Gasteiger partial charge in [0.2, 0.25) is 0 Å². The molecule has 2 fully saturated rings. The molecule has 4 rings (SSSR count). The molecule has 2 bridgehead atoms. The van der Waals surface area contributed by atoms with Crippen molar-refractivity contribution in [2.75, 3.05) is 22.9 Å². The largest absolute Gasteiger partial charge is 0.365 e. The number of nitrogens with one attached hydrogen (secondary N) is 1. The average Bonchev–Trinajstić information content (AvgIpc) is 3.21. The zero-order valence-electron chi connectivity index (χ0n) is 13.9. The standard InChI is InChI=1S/C19H20FN3O2/c1-12-3-2-4-13(7-12)22-10-16-8-15(22)11-23(16)14-5-6-17(18(20)9-14)19(24)21-25/h2-7,9,15-16,25H,8,10-11H2,1H3,(H,21,24)/t15-,16-/m1/s1. The zero-order chi connectivity index (χ0) is 17.6. The Hall–Kier alpha value is -2.60. The summed E-state index contributed by atoms with van der Waals surface area (Å²) in [7, 11) is 0. The van der Waals surface area contributed by atoms with Crippen LogP contribution in [0.4, 0.5) is 15.8 Å². The zero-order valence-corrected chi connectivity index (χ0v) is 13.9. The molecular formula is C19H20FN3O2. The predicted octanol–water partition coefficient (Wildman–Crippen LogP) is 2.72. The third-order valence-electron chi connectivity index (χ3n) is 5.20. The fourth-order valence-corrected chi connectivity index (χ4v) is 4.03. The molecule has 0 aliphatic carbocycles. The highest BCUT2D eigenvalue weighted by molar-refractivity contribution is 5.94. The Morgan fingerprint density at radius 2 is 1.80 bits per heavy atom.